The molecule has 2 fully saturated rings. The summed E-state index contributed by atoms with van der Waals surface area (Å²) in [5, 5.41) is 4.02. The van der Waals surface area contributed by atoms with E-state index in [2.05, 4.69) is 27.4 Å². The third-order valence-electron chi connectivity index (χ3n) is 10.6. The first-order chi connectivity index (χ1) is 29.9. The standard InChI is InChI=1S/C24H22ClN3O3.C24H21N3O2S/c25-22-21(19(13-14-26-22)18-10-5-2-6-11-18)27-23(29)20-12-7-15-28(20)24(30)31-16-17-8-3-1-4-9-17;28-24(29-16-17-8-3-1-4-9-17)27-15-7-12-20(27)22-26-21-19(13-14-25-23(21)30-22)18-10-5-2-6-11-18/h1-6,8-11,13-14,20H,7,12,15-16H2,(H,27,29);1-6,8-11,13-14,20H,7,12,15-16H2/t2*20-/m00/s1. The summed E-state index contributed by atoms with van der Waals surface area (Å²) >= 11 is 7.88. The Morgan fingerprint density at radius 1 is 0.656 bits per heavy atom. The summed E-state index contributed by atoms with van der Waals surface area (Å²) in [6, 6.07) is 42.2. The Balaban J connectivity index is 0.000000168. The SMILES string of the molecule is O=C(Nc1c(-c2ccccc2)ccnc1Cl)[C@@H]1CCCN1C(=O)OCc1ccccc1.O=C(OCc1ccccc1)N1CCC[C@H]1c1nc2c(-c3ccccc3)ccnc2s1. The third kappa shape index (κ3) is 9.88. The Morgan fingerprint density at radius 2 is 1.18 bits per heavy atom. The predicted octanol–water partition coefficient (Wildman–Crippen LogP) is 11.0. The number of nitrogens with one attached hydrogen (secondary N) is 1. The fourth-order valence-electron chi connectivity index (χ4n) is 7.57. The highest BCUT2D eigenvalue weighted by Gasteiger charge is 2.36. The number of amides is 3. The van der Waals surface area contributed by atoms with Gasteiger partial charge in [0.25, 0.3) is 0 Å². The molecule has 5 heterocycles. The van der Waals surface area contributed by atoms with Gasteiger partial charge < -0.3 is 14.8 Å². The van der Waals surface area contributed by atoms with Crippen LogP contribution in [0.5, 0.6) is 0 Å². The summed E-state index contributed by atoms with van der Waals surface area (Å²) in [5.74, 6) is -0.304. The van der Waals surface area contributed by atoms with Crippen LogP contribution in [0.3, 0.4) is 0 Å². The summed E-state index contributed by atoms with van der Waals surface area (Å²) in [4.78, 5) is 56.2. The first-order valence-corrected chi connectivity index (χ1v) is 21.4. The second kappa shape index (κ2) is 19.6. The Bertz CT molecular complexity index is 2580. The molecular formula is C48H43ClN6O5S. The smallest absolute Gasteiger partial charge is 0.410 e. The monoisotopic (exact) mass is 850 g/mol. The van der Waals surface area contributed by atoms with E-state index in [0.29, 0.717) is 25.2 Å². The lowest BCUT2D eigenvalue weighted by Gasteiger charge is -2.24. The van der Waals surface area contributed by atoms with E-state index in [0.717, 1.165) is 68.0 Å². The Morgan fingerprint density at radius 3 is 1.82 bits per heavy atom. The minimum absolute atomic E-state index is 0.0592. The fraction of sp³-hybridized carbons (Fsp3) is 0.208. The molecule has 0 aliphatic carbocycles. The van der Waals surface area contributed by atoms with Crippen molar-refractivity contribution in [2.24, 2.45) is 0 Å². The predicted molar refractivity (Wildman–Crippen MR) is 238 cm³/mol. The van der Waals surface area contributed by atoms with Crippen molar-refractivity contribution in [2.45, 2.75) is 51.0 Å². The van der Waals surface area contributed by atoms with Crippen molar-refractivity contribution in [3.05, 3.63) is 167 Å². The molecule has 2 atom stereocenters. The minimum atomic E-state index is -0.622. The van der Waals surface area contributed by atoms with E-state index in [1.807, 2.05) is 126 Å². The molecule has 2 aliphatic heterocycles. The van der Waals surface area contributed by atoms with Crippen LogP contribution in [0.4, 0.5) is 15.3 Å². The number of fused-ring (bicyclic) bond motifs is 1. The van der Waals surface area contributed by atoms with Crippen molar-refractivity contribution in [3.8, 4) is 22.3 Å². The lowest BCUT2D eigenvalue weighted by atomic mass is 10.1. The summed E-state index contributed by atoms with van der Waals surface area (Å²) in [7, 11) is 0. The molecule has 61 heavy (non-hydrogen) atoms. The maximum Gasteiger partial charge on any atom is 0.410 e. The normalized spacial score (nSPS) is 15.8. The number of halogens is 1. The van der Waals surface area contributed by atoms with E-state index in [9.17, 15) is 14.4 Å². The fourth-order valence-corrected chi connectivity index (χ4v) is 8.85. The van der Waals surface area contributed by atoms with E-state index >= 15 is 0 Å². The second-order valence-electron chi connectivity index (χ2n) is 14.6. The number of ether oxygens (including phenoxy) is 2. The van der Waals surface area contributed by atoms with E-state index in [1.165, 1.54) is 4.90 Å². The molecule has 3 amide bonds. The van der Waals surface area contributed by atoms with Gasteiger partial charge in [-0.25, -0.2) is 24.5 Å². The van der Waals surface area contributed by atoms with Gasteiger partial charge in [-0.2, -0.15) is 0 Å². The van der Waals surface area contributed by atoms with Crippen LogP contribution in [-0.4, -0.2) is 62.0 Å². The van der Waals surface area contributed by atoms with Crippen molar-refractivity contribution >= 4 is 57.1 Å². The lowest BCUT2D eigenvalue weighted by Crippen LogP contribution is -2.43. The molecule has 308 valence electrons. The molecule has 13 heteroatoms. The number of hydrogen-bond donors (Lipinski definition) is 1. The molecule has 9 rings (SSSR count). The molecule has 0 unspecified atom stereocenters. The van der Waals surface area contributed by atoms with Crippen LogP contribution in [0, 0.1) is 0 Å². The number of pyridine rings is 2. The van der Waals surface area contributed by atoms with Crippen molar-refractivity contribution in [2.75, 3.05) is 18.4 Å². The molecule has 1 N–H and O–H groups in total. The van der Waals surface area contributed by atoms with Crippen LogP contribution in [0.15, 0.2) is 146 Å². The van der Waals surface area contributed by atoms with Gasteiger partial charge in [-0.3, -0.25) is 14.6 Å². The van der Waals surface area contributed by atoms with Gasteiger partial charge in [0.15, 0.2) is 5.15 Å². The number of anilines is 1. The summed E-state index contributed by atoms with van der Waals surface area (Å²) < 4.78 is 11.0. The van der Waals surface area contributed by atoms with Gasteiger partial charge in [0.2, 0.25) is 5.91 Å². The van der Waals surface area contributed by atoms with E-state index in [4.69, 9.17) is 26.1 Å². The van der Waals surface area contributed by atoms with Crippen molar-refractivity contribution in [3.63, 3.8) is 0 Å². The molecule has 0 bridgehead atoms. The van der Waals surface area contributed by atoms with Crippen molar-refractivity contribution in [1.82, 2.24) is 24.8 Å². The summed E-state index contributed by atoms with van der Waals surface area (Å²) in [6.45, 7) is 1.60. The third-order valence-corrected chi connectivity index (χ3v) is 12.0. The zero-order valence-corrected chi connectivity index (χ0v) is 34.8. The number of rotatable bonds is 9. The van der Waals surface area contributed by atoms with E-state index in [1.54, 1.807) is 23.6 Å². The highest BCUT2D eigenvalue weighted by atomic mass is 35.5. The molecule has 2 aliphatic rings. The van der Waals surface area contributed by atoms with E-state index < -0.39 is 12.1 Å². The van der Waals surface area contributed by atoms with Gasteiger partial charge in [-0.15, -0.1) is 0 Å². The molecular weight excluding hydrogens is 808 g/mol. The van der Waals surface area contributed by atoms with Crippen molar-refractivity contribution in [1.29, 1.82) is 0 Å². The molecule has 11 nitrogen and oxygen atoms in total. The largest absolute Gasteiger partial charge is 0.445 e. The number of benzene rings is 4. The molecule has 7 aromatic rings. The second-order valence-corrected chi connectivity index (χ2v) is 16.0. The Hall–Kier alpha value is -6.63. The van der Waals surface area contributed by atoms with Gasteiger partial charge in [0.05, 0.1) is 11.7 Å². The van der Waals surface area contributed by atoms with E-state index in [-0.39, 0.29) is 36.4 Å². The quantitative estimate of drug-likeness (QED) is 0.142. The number of likely N-dealkylation sites (tertiary alicyclic amines) is 2. The lowest BCUT2D eigenvalue weighted by molar-refractivity contribution is -0.120. The van der Waals surface area contributed by atoms with Crippen molar-refractivity contribution < 1.29 is 23.9 Å². The molecule has 3 aromatic heterocycles. The Kier molecular flexibility index (Phi) is 13.2. The van der Waals surface area contributed by atoms with Gasteiger partial charge in [-0.05, 0) is 60.1 Å². The number of carbonyl (C=O) groups is 3. The number of carbonyl (C=O) groups excluding carboxylic acids is 3. The van der Waals surface area contributed by atoms with Gasteiger partial charge in [0.1, 0.15) is 34.6 Å². The van der Waals surface area contributed by atoms with Crippen LogP contribution in [0.1, 0.15) is 47.9 Å². The average Bonchev–Trinajstić information content (AvgIpc) is 4.10. The van der Waals surface area contributed by atoms with Crippen LogP contribution >= 0.6 is 22.9 Å². The first kappa shape index (κ1) is 41.1. The Labute approximate surface area is 363 Å². The topological polar surface area (TPSA) is 127 Å². The highest BCUT2D eigenvalue weighted by Crippen LogP contribution is 2.39. The molecule has 4 aromatic carbocycles. The van der Waals surface area contributed by atoms with Crippen LogP contribution in [0.25, 0.3) is 32.6 Å². The number of aromatic nitrogens is 3. The molecule has 2 saturated heterocycles. The molecule has 0 saturated carbocycles. The first-order valence-electron chi connectivity index (χ1n) is 20.2. The number of nitrogens with zero attached hydrogens (tertiary/aromatic N) is 5. The maximum atomic E-state index is 13.1. The summed E-state index contributed by atoms with van der Waals surface area (Å²) in [5.41, 5.74) is 7.08. The molecule has 0 spiro atoms. The summed E-state index contributed by atoms with van der Waals surface area (Å²) in [6.07, 6.45) is 5.77. The van der Waals surface area contributed by atoms with Crippen LogP contribution in [-0.2, 0) is 27.5 Å². The zero-order chi connectivity index (χ0) is 42.0. The highest BCUT2D eigenvalue weighted by molar-refractivity contribution is 7.18. The van der Waals surface area contributed by atoms with Gasteiger partial charge in [0, 0.05) is 36.6 Å². The zero-order valence-electron chi connectivity index (χ0n) is 33.2. The number of hydrogen-bond acceptors (Lipinski definition) is 9. The van der Waals surface area contributed by atoms with Crippen LogP contribution in [0.2, 0.25) is 5.15 Å². The minimum Gasteiger partial charge on any atom is -0.445 e. The average molecular weight is 851 g/mol. The van der Waals surface area contributed by atoms with Gasteiger partial charge >= 0.3 is 12.2 Å². The maximum absolute atomic E-state index is 13.1. The van der Waals surface area contributed by atoms with Gasteiger partial charge in [-0.1, -0.05) is 144 Å². The molecule has 0 radical (unpaired) electrons. The number of thiazole rings is 1. The van der Waals surface area contributed by atoms with Crippen LogP contribution < -0.4 is 5.32 Å².